The fourth-order valence-electron chi connectivity index (χ4n) is 1.83. The molecule has 20 heavy (non-hydrogen) atoms. The maximum atomic E-state index is 11.9. The molecule has 0 heterocycles. The Kier molecular flexibility index (Phi) is 6.50. The lowest BCUT2D eigenvalue weighted by Gasteiger charge is -2.07. The van der Waals surface area contributed by atoms with Gasteiger partial charge in [0.15, 0.2) is 5.78 Å². The van der Waals surface area contributed by atoms with Gasteiger partial charge in [0, 0.05) is 29.4 Å². The molecule has 0 bridgehead atoms. The highest BCUT2D eigenvalue weighted by molar-refractivity contribution is 6.10. The first-order valence-electron chi connectivity index (χ1n) is 6.84. The first kappa shape index (κ1) is 16.0. The summed E-state index contributed by atoms with van der Waals surface area (Å²) in [6.07, 6.45) is 4.43. The maximum absolute atomic E-state index is 11.9. The topological polar surface area (TPSA) is 66.4 Å². The second-order valence-corrected chi connectivity index (χ2v) is 4.71. The van der Waals surface area contributed by atoms with Gasteiger partial charge >= 0.3 is 5.97 Å². The van der Waals surface area contributed by atoms with Gasteiger partial charge in [0.1, 0.15) is 0 Å². The molecule has 1 rings (SSSR count). The van der Waals surface area contributed by atoms with Crippen LogP contribution in [0, 0.1) is 0 Å². The van der Waals surface area contributed by atoms with Crippen molar-refractivity contribution in [3.63, 3.8) is 0 Å². The lowest BCUT2D eigenvalue weighted by molar-refractivity contribution is -0.131. The Labute approximate surface area is 119 Å². The number of nitrogens with one attached hydrogen (secondary N) is 1. The average molecular weight is 275 g/mol. The van der Waals surface area contributed by atoms with Crippen molar-refractivity contribution >= 4 is 17.4 Å². The molecule has 0 fully saturated rings. The summed E-state index contributed by atoms with van der Waals surface area (Å²) >= 11 is 0. The Morgan fingerprint density at radius 3 is 2.40 bits per heavy atom. The van der Waals surface area contributed by atoms with Crippen LogP contribution in [0.1, 0.15) is 43.5 Å². The molecule has 0 saturated carbocycles. The molecule has 0 amide bonds. The van der Waals surface area contributed by atoms with E-state index in [4.69, 9.17) is 5.11 Å². The smallest absolute Gasteiger partial charge is 0.328 e. The Bertz CT molecular complexity index is 489. The summed E-state index contributed by atoms with van der Waals surface area (Å²) in [6.45, 7) is 4.58. The minimum Gasteiger partial charge on any atom is -0.478 e. The third-order valence-electron chi connectivity index (χ3n) is 2.95. The molecule has 0 spiro atoms. The Morgan fingerprint density at radius 2 is 1.85 bits per heavy atom. The summed E-state index contributed by atoms with van der Waals surface area (Å²) in [5.41, 5.74) is 1.69. The molecular formula is C16H21NO3. The van der Waals surface area contributed by atoms with Gasteiger partial charge in [-0.1, -0.05) is 19.8 Å². The molecule has 0 aliphatic rings. The number of carboxylic acid groups (broad SMARTS) is 1. The van der Waals surface area contributed by atoms with E-state index in [9.17, 15) is 9.59 Å². The lowest BCUT2D eigenvalue weighted by atomic mass is 10.0. The average Bonchev–Trinajstić information content (AvgIpc) is 2.43. The van der Waals surface area contributed by atoms with E-state index in [1.165, 1.54) is 19.8 Å². The first-order chi connectivity index (χ1) is 9.54. The molecule has 0 aliphatic heterocycles. The predicted octanol–water partition coefficient (Wildman–Crippen LogP) is 3.50. The highest BCUT2D eigenvalue weighted by atomic mass is 16.4. The second kappa shape index (κ2) is 8.15. The number of aliphatic carboxylic acids is 1. The normalized spacial score (nSPS) is 11.2. The summed E-state index contributed by atoms with van der Waals surface area (Å²) in [7, 11) is 0. The Morgan fingerprint density at radius 1 is 1.20 bits per heavy atom. The van der Waals surface area contributed by atoms with Gasteiger partial charge in [-0.3, -0.25) is 4.79 Å². The molecule has 2 N–H and O–H groups in total. The molecule has 0 aromatic heterocycles. The predicted molar refractivity (Wildman–Crippen MR) is 80.2 cm³/mol. The number of carbonyl (C=O) groups excluding carboxylic acids is 1. The fraction of sp³-hybridized carbons (Fsp3) is 0.375. The van der Waals surface area contributed by atoms with E-state index in [1.807, 2.05) is 12.1 Å². The van der Waals surface area contributed by atoms with Crippen LogP contribution in [0.15, 0.2) is 35.9 Å². The molecule has 1 aromatic carbocycles. The van der Waals surface area contributed by atoms with Crippen LogP contribution < -0.4 is 5.32 Å². The Balaban J connectivity index is 2.62. The highest BCUT2D eigenvalue weighted by Gasteiger charge is 2.09. The zero-order valence-corrected chi connectivity index (χ0v) is 12.0. The van der Waals surface area contributed by atoms with Gasteiger partial charge in [0.2, 0.25) is 0 Å². The number of rotatable bonds is 8. The number of Topliss-reactive ketones (excluding diaryl/α,β-unsaturated/α-hetero) is 1. The number of carboxylic acids is 1. The molecule has 0 unspecified atom stereocenters. The van der Waals surface area contributed by atoms with E-state index < -0.39 is 5.97 Å². The van der Waals surface area contributed by atoms with E-state index in [2.05, 4.69) is 12.2 Å². The fourth-order valence-corrected chi connectivity index (χ4v) is 1.83. The van der Waals surface area contributed by atoms with E-state index in [1.54, 1.807) is 12.1 Å². The van der Waals surface area contributed by atoms with Crippen LogP contribution in [0.2, 0.25) is 0 Å². The van der Waals surface area contributed by atoms with Crippen LogP contribution in [0.4, 0.5) is 5.69 Å². The second-order valence-electron chi connectivity index (χ2n) is 4.71. The van der Waals surface area contributed by atoms with Crippen molar-refractivity contribution in [2.24, 2.45) is 0 Å². The van der Waals surface area contributed by atoms with Crippen LogP contribution in [-0.2, 0) is 4.79 Å². The monoisotopic (exact) mass is 275 g/mol. The Hall–Kier alpha value is -2.10. The number of ketones is 1. The summed E-state index contributed by atoms with van der Waals surface area (Å²) in [5.74, 6) is -1.37. The van der Waals surface area contributed by atoms with Crippen molar-refractivity contribution in [2.45, 2.75) is 33.1 Å². The van der Waals surface area contributed by atoms with Gasteiger partial charge in [-0.05, 0) is 37.6 Å². The molecule has 0 saturated heterocycles. The quantitative estimate of drug-likeness (QED) is 0.433. The first-order valence-corrected chi connectivity index (χ1v) is 6.84. The summed E-state index contributed by atoms with van der Waals surface area (Å²) in [4.78, 5) is 22.5. The molecule has 4 nitrogen and oxygen atoms in total. The molecule has 0 aliphatic carbocycles. The van der Waals surface area contributed by atoms with Gasteiger partial charge < -0.3 is 10.4 Å². The number of hydrogen-bond acceptors (Lipinski definition) is 3. The summed E-state index contributed by atoms with van der Waals surface area (Å²) in [5, 5.41) is 11.9. The zero-order chi connectivity index (χ0) is 15.0. The third-order valence-corrected chi connectivity index (χ3v) is 2.95. The standard InChI is InChI=1S/C16H21NO3/c1-3-4-5-10-17-14-8-6-13(7-9-14)16(20)12(2)11-15(18)19/h6-9,11,17H,3-5,10H2,1-2H3,(H,18,19)/b12-11-. The SMILES string of the molecule is CCCCCNc1ccc(C(=O)/C(C)=C\C(=O)O)cc1. The van der Waals surface area contributed by atoms with Crippen LogP contribution in [0.5, 0.6) is 0 Å². The van der Waals surface area contributed by atoms with Crippen LogP contribution in [0.25, 0.3) is 0 Å². The number of hydrogen-bond donors (Lipinski definition) is 2. The number of benzene rings is 1. The number of allylic oxidation sites excluding steroid dienone is 1. The van der Waals surface area contributed by atoms with Gasteiger partial charge in [-0.25, -0.2) is 4.79 Å². The van der Waals surface area contributed by atoms with Gasteiger partial charge in [-0.2, -0.15) is 0 Å². The van der Waals surface area contributed by atoms with Gasteiger partial charge in [-0.15, -0.1) is 0 Å². The van der Waals surface area contributed by atoms with E-state index >= 15 is 0 Å². The van der Waals surface area contributed by atoms with Gasteiger partial charge in [0.25, 0.3) is 0 Å². The van der Waals surface area contributed by atoms with E-state index in [0.29, 0.717) is 5.56 Å². The molecule has 0 atom stereocenters. The number of unbranched alkanes of at least 4 members (excludes halogenated alkanes) is 2. The van der Waals surface area contributed by atoms with Crippen molar-refractivity contribution in [3.8, 4) is 0 Å². The van der Waals surface area contributed by atoms with E-state index in [0.717, 1.165) is 24.7 Å². The lowest BCUT2D eigenvalue weighted by Crippen LogP contribution is -2.04. The molecule has 0 radical (unpaired) electrons. The minimum atomic E-state index is -1.11. The minimum absolute atomic E-state index is 0.223. The zero-order valence-electron chi connectivity index (χ0n) is 12.0. The third kappa shape index (κ3) is 5.26. The van der Waals surface area contributed by atoms with Crippen LogP contribution in [0.3, 0.4) is 0 Å². The van der Waals surface area contributed by atoms with Crippen molar-refractivity contribution in [3.05, 3.63) is 41.5 Å². The molecular weight excluding hydrogens is 254 g/mol. The molecule has 4 heteroatoms. The number of anilines is 1. The molecule has 108 valence electrons. The van der Waals surface area contributed by atoms with Crippen LogP contribution in [-0.4, -0.2) is 23.4 Å². The summed E-state index contributed by atoms with van der Waals surface area (Å²) < 4.78 is 0. The van der Waals surface area contributed by atoms with Crippen LogP contribution >= 0.6 is 0 Å². The largest absolute Gasteiger partial charge is 0.478 e. The van der Waals surface area contributed by atoms with E-state index in [-0.39, 0.29) is 11.4 Å². The van der Waals surface area contributed by atoms with Crippen molar-refractivity contribution in [2.75, 3.05) is 11.9 Å². The van der Waals surface area contributed by atoms with Crippen molar-refractivity contribution in [1.29, 1.82) is 0 Å². The summed E-state index contributed by atoms with van der Waals surface area (Å²) in [6, 6.07) is 7.10. The number of carbonyl (C=O) groups is 2. The highest BCUT2D eigenvalue weighted by Crippen LogP contribution is 2.13. The van der Waals surface area contributed by atoms with Gasteiger partial charge in [0.05, 0.1) is 0 Å². The maximum Gasteiger partial charge on any atom is 0.328 e. The van der Waals surface area contributed by atoms with Crippen molar-refractivity contribution < 1.29 is 14.7 Å². The van der Waals surface area contributed by atoms with Crippen molar-refractivity contribution in [1.82, 2.24) is 0 Å². The molecule has 1 aromatic rings.